The fourth-order valence-electron chi connectivity index (χ4n) is 2.56. The Bertz CT molecular complexity index is 837. The molecular formula is C17H15N5O4. The molecule has 0 bridgehead atoms. The first-order valence-electron chi connectivity index (χ1n) is 7.89. The summed E-state index contributed by atoms with van der Waals surface area (Å²) in [5.74, 6) is 1.02. The van der Waals surface area contributed by atoms with Crippen LogP contribution in [0.5, 0.6) is 5.75 Å². The number of non-ortho nitro benzene ring substituents is 1. The maximum absolute atomic E-state index is 12.2. The maximum Gasteiger partial charge on any atom is 0.415 e. The second-order valence-corrected chi connectivity index (χ2v) is 5.61. The molecule has 0 N–H and O–H groups in total. The van der Waals surface area contributed by atoms with Gasteiger partial charge in [-0.3, -0.25) is 10.1 Å². The Hall–Kier alpha value is -3.67. The number of anilines is 1. The molecule has 132 valence electrons. The number of amides is 1. The molecule has 1 aliphatic rings. The third-order valence-corrected chi connectivity index (χ3v) is 3.99. The summed E-state index contributed by atoms with van der Waals surface area (Å²) in [7, 11) is 0. The summed E-state index contributed by atoms with van der Waals surface area (Å²) in [6, 6.07) is 10.9. The zero-order valence-corrected chi connectivity index (χ0v) is 13.7. The molecule has 1 saturated heterocycles. The number of nitro groups is 1. The topological polar surface area (TPSA) is 113 Å². The smallest absolute Gasteiger partial charge is 0.410 e. The highest BCUT2D eigenvalue weighted by Gasteiger charge is 2.23. The second kappa shape index (κ2) is 7.48. The molecule has 1 aromatic carbocycles. The minimum Gasteiger partial charge on any atom is -0.410 e. The molecule has 0 unspecified atom stereocenters. The first-order chi connectivity index (χ1) is 12.6. The minimum atomic E-state index is -0.512. The number of nitrogens with zero attached hydrogens (tertiary/aromatic N) is 5. The predicted molar refractivity (Wildman–Crippen MR) is 91.9 cm³/mol. The fraction of sp³-hybridized carbons (Fsp3) is 0.235. The van der Waals surface area contributed by atoms with Gasteiger partial charge in [-0.2, -0.15) is 5.26 Å². The molecule has 0 aliphatic carbocycles. The van der Waals surface area contributed by atoms with E-state index in [0.717, 1.165) is 5.82 Å². The van der Waals surface area contributed by atoms with Crippen LogP contribution < -0.4 is 9.64 Å². The maximum atomic E-state index is 12.2. The largest absolute Gasteiger partial charge is 0.415 e. The number of ether oxygens (including phenoxy) is 1. The monoisotopic (exact) mass is 353 g/mol. The molecule has 2 heterocycles. The lowest BCUT2D eigenvalue weighted by Crippen LogP contribution is -2.49. The van der Waals surface area contributed by atoms with E-state index in [4.69, 9.17) is 10.00 Å². The van der Waals surface area contributed by atoms with E-state index in [-0.39, 0.29) is 11.4 Å². The van der Waals surface area contributed by atoms with Gasteiger partial charge in [0.05, 0.1) is 10.5 Å². The van der Waals surface area contributed by atoms with Crippen LogP contribution in [0, 0.1) is 21.4 Å². The van der Waals surface area contributed by atoms with Crippen molar-refractivity contribution in [2.24, 2.45) is 0 Å². The molecule has 9 nitrogen and oxygen atoms in total. The lowest BCUT2D eigenvalue weighted by atomic mass is 10.3. The Balaban J connectivity index is 1.54. The number of benzene rings is 1. The lowest BCUT2D eigenvalue weighted by molar-refractivity contribution is -0.384. The molecule has 1 aromatic heterocycles. The number of carbonyl (C=O) groups excluding carboxylic acids is 1. The van der Waals surface area contributed by atoms with Gasteiger partial charge in [-0.15, -0.1) is 0 Å². The average Bonchev–Trinajstić information content (AvgIpc) is 2.68. The highest BCUT2D eigenvalue weighted by atomic mass is 16.6. The lowest BCUT2D eigenvalue weighted by Gasteiger charge is -2.34. The summed E-state index contributed by atoms with van der Waals surface area (Å²) >= 11 is 0. The number of piperazine rings is 1. The molecular weight excluding hydrogens is 338 g/mol. The van der Waals surface area contributed by atoms with Crippen LogP contribution in [-0.2, 0) is 0 Å². The Morgan fingerprint density at radius 3 is 2.38 bits per heavy atom. The molecule has 0 radical (unpaired) electrons. The van der Waals surface area contributed by atoms with E-state index in [2.05, 4.69) is 4.98 Å². The van der Waals surface area contributed by atoms with E-state index in [1.807, 2.05) is 11.0 Å². The van der Waals surface area contributed by atoms with Crippen LogP contribution in [0.15, 0.2) is 42.6 Å². The number of nitro benzene ring substituents is 1. The van der Waals surface area contributed by atoms with Crippen molar-refractivity contribution >= 4 is 17.6 Å². The van der Waals surface area contributed by atoms with Crippen LogP contribution in [0.4, 0.5) is 16.3 Å². The minimum absolute atomic E-state index is 0.0617. The van der Waals surface area contributed by atoms with Gasteiger partial charge in [0.15, 0.2) is 0 Å². The molecule has 1 amide bonds. The molecule has 2 aromatic rings. The number of carbonyl (C=O) groups is 1. The van der Waals surface area contributed by atoms with Gasteiger partial charge in [0.2, 0.25) is 0 Å². The molecule has 3 rings (SSSR count). The molecule has 1 aliphatic heterocycles. The highest BCUT2D eigenvalue weighted by molar-refractivity contribution is 5.71. The van der Waals surface area contributed by atoms with Crippen molar-refractivity contribution in [3.05, 3.63) is 58.3 Å². The Kier molecular flexibility index (Phi) is 4.94. The summed E-state index contributed by atoms with van der Waals surface area (Å²) in [5.41, 5.74) is 0.437. The van der Waals surface area contributed by atoms with Crippen molar-refractivity contribution in [1.82, 2.24) is 9.88 Å². The van der Waals surface area contributed by atoms with E-state index < -0.39 is 11.0 Å². The van der Waals surface area contributed by atoms with E-state index in [1.54, 1.807) is 17.0 Å². The fourth-order valence-corrected chi connectivity index (χ4v) is 2.56. The van der Waals surface area contributed by atoms with Gasteiger partial charge in [-0.25, -0.2) is 9.78 Å². The molecule has 0 spiro atoms. The van der Waals surface area contributed by atoms with E-state index in [0.29, 0.717) is 31.7 Å². The van der Waals surface area contributed by atoms with Gasteiger partial charge in [-0.1, -0.05) is 0 Å². The van der Waals surface area contributed by atoms with Crippen molar-refractivity contribution < 1.29 is 14.5 Å². The summed E-state index contributed by atoms with van der Waals surface area (Å²) in [6.45, 7) is 2.11. The zero-order chi connectivity index (χ0) is 18.5. The SMILES string of the molecule is N#Cc1ccc(N2CCN(C(=O)Oc3ccc([N+](=O)[O-])cc3)CC2)nc1. The highest BCUT2D eigenvalue weighted by Crippen LogP contribution is 2.19. The van der Waals surface area contributed by atoms with Gasteiger partial charge in [-0.05, 0) is 24.3 Å². The summed E-state index contributed by atoms with van der Waals surface area (Å²) in [5, 5.41) is 19.4. The van der Waals surface area contributed by atoms with Crippen molar-refractivity contribution in [3.8, 4) is 11.8 Å². The molecule has 26 heavy (non-hydrogen) atoms. The van der Waals surface area contributed by atoms with Gasteiger partial charge < -0.3 is 14.5 Å². The van der Waals surface area contributed by atoms with Crippen molar-refractivity contribution in [3.63, 3.8) is 0 Å². The standard InChI is InChI=1S/C17H15N5O4/c18-11-13-1-6-16(19-12-13)20-7-9-21(10-8-20)17(23)26-15-4-2-14(3-5-15)22(24)25/h1-6,12H,7-10H2. The van der Waals surface area contributed by atoms with Crippen molar-refractivity contribution in [2.75, 3.05) is 31.1 Å². The number of hydrogen-bond acceptors (Lipinski definition) is 7. The van der Waals surface area contributed by atoms with Crippen LogP contribution in [0.1, 0.15) is 5.56 Å². The van der Waals surface area contributed by atoms with E-state index >= 15 is 0 Å². The van der Waals surface area contributed by atoms with Crippen LogP contribution in [-0.4, -0.2) is 47.1 Å². The second-order valence-electron chi connectivity index (χ2n) is 5.61. The van der Waals surface area contributed by atoms with Crippen LogP contribution in [0.2, 0.25) is 0 Å². The Morgan fingerprint density at radius 1 is 1.15 bits per heavy atom. The van der Waals surface area contributed by atoms with E-state index in [1.165, 1.54) is 30.5 Å². The normalized spacial score (nSPS) is 13.8. The summed E-state index contributed by atoms with van der Waals surface area (Å²) in [4.78, 5) is 30.2. The molecule has 0 saturated carbocycles. The number of pyridine rings is 1. The van der Waals surface area contributed by atoms with Crippen LogP contribution in [0.3, 0.4) is 0 Å². The first-order valence-corrected chi connectivity index (χ1v) is 7.89. The predicted octanol–water partition coefficient (Wildman–Crippen LogP) is 2.18. The van der Waals surface area contributed by atoms with Gasteiger partial charge in [0, 0.05) is 44.5 Å². The summed E-state index contributed by atoms with van der Waals surface area (Å²) in [6.07, 6.45) is 1.02. The molecule has 1 fully saturated rings. The van der Waals surface area contributed by atoms with Crippen LogP contribution in [0.25, 0.3) is 0 Å². The number of hydrogen-bond donors (Lipinski definition) is 0. The van der Waals surface area contributed by atoms with Crippen molar-refractivity contribution in [1.29, 1.82) is 5.26 Å². The third kappa shape index (κ3) is 3.87. The third-order valence-electron chi connectivity index (χ3n) is 3.99. The van der Waals surface area contributed by atoms with Gasteiger partial charge in [0.25, 0.3) is 5.69 Å². The number of rotatable bonds is 3. The Labute approximate surface area is 149 Å². The molecule has 9 heteroatoms. The van der Waals surface area contributed by atoms with Crippen LogP contribution >= 0.6 is 0 Å². The Morgan fingerprint density at radius 2 is 1.85 bits per heavy atom. The number of aromatic nitrogens is 1. The quantitative estimate of drug-likeness (QED) is 0.614. The average molecular weight is 353 g/mol. The number of nitriles is 1. The van der Waals surface area contributed by atoms with Crippen molar-refractivity contribution in [2.45, 2.75) is 0 Å². The van der Waals surface area contributed by atoms with E-state index in [9.17, 15) is 14.9 Å². The summed E-state index contributed by atoms with van der Waals surface area (Å²) < 4.78 is 5.25. The van der Waals surface area contributed by atoms with Gasteiger partial charge in [0.1, 0.15) is 17.6 Å². The molecule has 0 atom stereocenters. The first kappa shape index (κ1) is 17.2. The zero-order valence-electron chi connectivity index (χ0n) is 13.7. The van der Waals surface area contributed by atoms with Gasteiger partial charge >= 0.3 is 6.09 Å².